The van der Waals surface area contributed by atoms with E-state index in [1.54, 1.807) is 0 Å². The minimum Gasteiger partial charge on any atom is -0.390 e. The van der Waals surface area contributed by atoms with Crippen LogP contribution in [0.1, 0.15) is 38.7 Å². The Kier molecular flexibility index (Phi) is 9.21. The molecule has 2 atom stereocenters. The van der Waals surface area contributed by atoms with Crippen LogP contribution in [-0.4, -0.2) is 47.8 Å². The minimum atomic E-state index is -0.695. The molecule has 33 heavy (non-hydrogen) atoms. The lowest BCUT2D eigenvalue weighted by atomic mass is 9.90. The Hall–Kier alpha value is -2.51. The number of carbonyl (C=O) groups excluding carboxylic acids is 1. The third kappa shape index (κ3) is 8.09. The summed E-state index contributed by atoms with van der Waals surface area (Å²) in [7, 11) is 0. The highest BCUT2D eigenvalue weighted by atomic mass is 19.1. The summed E-state index contributed by atoms with van der Waals surface area (Å²) >= 11 is 0. The van der Waals surface area contributed by atoms with E-state index >= 15 is 0 Å². The van der Waals surface area contributed by atoms with Crippen molar-refractivity contribution in [2.45, 2.75) is 51.7 Å². The van der Waals surface area contributed by atoms with Crippen molar-refractivity contribution in [1.82, 2.24) is 10.2 Å². The van der Waals surface area contributed by atoms with Gasteiger partial charge < -0.3 is 20.6 Å². The zero-order chi connectivity index (χ0) is 23.8. The fourth-order valence-electron chi connectivity index (χ4n) is 4.42. The molecule has 2 aromatic rings. The van der Waals surface area contributed by atoms with Crippen molar-refractivity contribution in [3.05, 3.63) is 65.7 Å². The number of aryl methyl sites for hydroxylation is 1. The van der Waals surface area contributed by atoms with Crippen molar-refractivity contribution >= 4 is 11.7 Å². The maximum Gasteiger partial charge on any atom is 0.319 e. The fourth-order valence-corrected chi connectivity index (χ4v) is 4.42. The van der Waals surface area contributed by atoms with E-state index in [0.717, 1.165) is 38.8 Å². The van der Waals surface area contributed by atoms with Crippen LogP contribution in [-0.2, 0) is 6.42 Å². The van der Waals surface area contributed by atoms with Crippen LogP contribution in [0.2, 0.25) is 0 Å². The molecule has 0 saturated carbocycles. The Morgan fingerprint density at radius 1 is 1.03 bits per heavy atom. The van der Waals surface area contributed by atoms with Crippen molar-refractivity contribution in [3.8, 4) is 0 Å². The third-order valence-corrected chi connectivity index (χ3v) is 6.44. The zero-order valence-corrected chi connectivity index (χ0v) is 19.4. The standard InChI is InChI=1S/C26H35F2N3O2/c1-18(2)25(30-26(33)29-23-11-9-22(28)10-12-23)24(32)17-31-15-13-20(14-16-31)4-3-19-5-7-21(27)8-6-19/h5-12,18,20,24-25,32H,3-4,13-17H2,1-2H3,(H2,29,30,33)/t24-,25-/m1/s1. The van der Waals surface area contributed by atoms with Crippen molar-refractivity contribution in [3.63, 3.8) is 0 Å². The van der Waals surface area contributed by atoms with Crippen LogP contribution in [0.15, 0.2) is 48.5 Å². The number of rotatable bonds is 9. The van der Waals surface area contributed by atoms with Crippen molar-refractivity contribution in [1.29, 1.82) is 0 Å². The third-order valence-electron chi connectivity index (χ3n) is 6.44. The number of amides is 2. The van der Waals surface area contributed by atoms with Gasteiger partial charge in [0.1, 0.15) is 11.6 Å². The van der Waals surface area contributed by atoms with E-state index in [4.69, 9.17) is 0 Å². The summed E-state index contributed by atoms with van der Waals surface area (Å²) in [5.41, 5.74) is 1.66. The molecule has 1 fully saturated rings. The summed E-state index contributed by atoms with van der Waals surface area (Å²) in [6.07, 6.45) is 3.48. The topological polar surface area (TPSA) is 64.6 Å². The van der Waals surface area contributed by atoms with Gasteiger partial charge in [-0.25, -0.2) is 13.6 Å². The lowest BCUT2D eigenvalue weighted by Crippen LogP contribution is -2.52. The number of anilines is 1. The first-order valence-electron chi connectivity index (χ1n) is 11.8. The number of halogens is 2. The number of hydrogen-bond acceptors (Lipinski definition) is 3. The Morgan fingerprint density at radius 3 is 2.18 bits per heavy atom. The molecule has 1 saturated heterocycles. The van der Waals surface area contributed by atoms with Crippen LogP contribution in [0, 0.1) is 23.5 Å². The van der Waals surface area contributed by atoms with Gasteiger partial charge in [-0.15, -0.1) is 0 Å². The highest BCUT2D eigenvalue weighted by Gasteiger charge is 2.28. The number of piperidine rings is 1. The predicted molar refractivity (Wildman–Crippen MR) is 127 cm³/mol. The number of aliphatic hydroxyl groups excluding tert-OH is 1. The molecule has 0 radical (unpaired) electrons. The number of nitrogens with one attached hydrogen (secondary N) is 2. The Labute approximate surface area is 195 Å². The number of β-amino-alcohol motifs (C(OH)–C–C–N with tert-alkyl or cyclic N) is 1. The fraction of sp³-hybridized carbons (Fsp3) is 0.500. The Balaban J connectivity index is 1.42. The molecule has 0 bridgehead atoms. The smallest absolute Gasteiger partial charge is 0.319 e. The average molecular weight is 460 g/mol. The predicted octanol–water partition coefficient (Wildman–Crippen LogP) is 4.82. The van der Waals surface area contributed by atoms with Gasteiger partial charge >= 0.3 is 6.03 Å². The Morgan fingerprint density at radius 2 is 1.61 bits per heavy atom. The van der Waals surface area contributed by atoms with Gasteiger partial charge in [-0.3, -0.25) is 0 Å². The SMILES string of the molecule is CC(C)[C@@H](NC(=O)Nc1ccc(F)cc1)[C@H](O)CN1CCC(CCc2ccc(F)cc2)CC1. The maximum absolute atomic E-state index is 13.1. The summed E-state index contributed by atoms with van der Waals surface area (Å²) in [5.74, 6) is 0.111. The van der Waals surface area contributed by atoms with Crippen LogP contribution < -0.4 is 10.6 Å². The second kappa shape index (κ2) is 12.1. The highest BCUT2D eigenvalue weighted by Crippen LogP contribution is 2.23. The quantitative estimate of drug-likeness (QED) is 0.504. The van der Waals surface area contributed by atoms with Crippen LogP contribution >= 0.6 is 0 Å². The summed E-state index contributed by atoms with van der Waals surface area (Å²) in [5, 5.41) is 16.4. The molecular formula is C26H35F2N3O2. The van der Waals surface area contributed by atoms with Gasteiger partial charge in [-0.05, 0) is 92.6 Å². The number of likely N-dealkylation sites (tertiary alicyclic amines) is 1. The number of nitrogens with zero attached hydrogens (tertiary/aromatic N) is 1. The molecule has 5 nitrogen and oxygen atoms in total. The van der Waals surface area contributed by atoms with Crippen molar-refractivity contribution in [2.75, 3.05) is 25.0 Å². The summed E-state index contributed by atoms with van der Waals surface area (Å²) in [6, 6.07) is 11.5. The number of hydrogen-bond donors (Lipinski definition) is 3. The highest BCUT2D eigenvalue weighted by molar-refractivity contribution is 5.89. The molecule has 0 spiro atoms. The second-order valence-electron chi connectivity index (χ2n) is 9.35. The van der Waals surface area contributed by atoms with E-state index < -0.39 is 18.2 Å². The van der Waals surface area contributed by atoms with Gasteiger partial charge in [0.25, 0.3) is 0 Å². The molecule has 1 aliphatic heterocycles. The molecule has 7 heteroatoms. The molecule has 3 rings (SSSR count). The molecule has 3 N–H and O–H groups in total. The first kappa shape index (κ1) is 25.1. The maximum atomic E-state index is 13.1. The number of urea groups is 1. The average Bonchev–Trinajstić information content (AvgIpc) is 2.79. The van der Waals surface area contributed by atoms with Gasteiger partial charge in [0.2, 0.25) is 0 Å². The first-order chi connectivity index (χ1) is 15.8. The number of benzene rings is 2. The van der Waals surface area contributed by atoms with E-state index in [1.807, 2.05) is 26.0 Å². The van der Waals surface area contributed by atoms with Crippen LogP contribution in [0.5, 0.6) is 0 Å². The molecule has 1 heterocycles. The van der Waals surface area contributed by atoms with Crippen LogP contribution in [0.25, 0.3) is 0 Å². The van der Waals surface area contributed by atoms with Gasteiger partial charge in [-0.2, -0.15) is 0 Å². The molecule has 180 valence electrons. The van der Waals surface area contributed by atoms with E-state index in [1.165, 1.54) is 42.0 Å². The van der Waals surface area contributed by atoms with Crippen molar-refractivity contribution in [2.24, 2.45) is 11.8 Å². The molecule has 2 amide bonds. The molecule has 1 aliphatic rings. The molecule has 0 unspecified atom stereocenters. The van der Waals surface area contributed by atoms with Crippen LogP contribution in [0.3, 0.4) is 0 Å². The van der Waals surface area contributed by atoms with Gasteiger partial charge in [0, 0.05) is 12.2 Å². The largest absolute Gasteiger partial charge is 0.390 e. The number of aliphatic hydroxyl groups is 1. The molecule has 2 aromatic carbocycles. The lowest BCUT2D eigenvalue weighted by Gasteiger charge is -2.36. The molecule has 0 aliphatic carbocycles. The number of carbonyl (C=O) groups is 1. The van der Waals surface area contributed by atoms with Gasteiger partial charge in [-0.1, -0.05) is 26.0 Å². The monoisotopic (exact) mass is 459 g/mol. The van der Waals surface area contributed by atoms with E-state index in [9.17, 15) is 18.7 Å². The van der Waals surface area contributed by atoms with Crippen molar-refractivity contribution < 1.29 is 18.7 Å². The zero-order valence-electron chi connectivity index (χ0n) is 19.4. The lowest BCUT2D eigenvalue weighted by molar-refractivity contribution is 0.0533. The normalized spacial score (nSPS) is 17.0. The summed E-state index contributed by atoms with van der Waals surface area (Å²) in [4.78, 5) is 14.7. The van der Waals surface area contributed by atoms with E-state index in [2.05, 4.69) is 15.5 Å². The van der Waals surface area contributed by atoms with Crippen LogP contribution in [0.4, 0.5) is 19.3 Å². The molecule has 0 aromatic heterocycles. The Bertz CT molecular complexity index is 866. The van der Waals surface area contributed by atoms with E-state index in [0.29, 0.717) is 18.2 Å². The summed E-state index contributed by atoms with van der Waals surface area (Å²) in [6.45, 7) is 6.27. The minimum absolute atomic E-state index is 0.0483. The molecular weight excluding hydrogens is 424 g/mol. The first-order valence-corrected chi connectivity index (χ1v) is 11.8. The van der Waals surface area contributed by atoms with Gasteiger partial charge in [0.15, 0.2) is 0 Å². The van der Waals surface area contributed by atoms with E-state index in [-0.39, 0.29) is 17.6 Å². The summed E-state index contributed by atoms with van der Waals surface area (Å²) < 4.78 is 26.1. The van der Waals surface area contributed by atoms with Gasteiger partial charge in [0.05, 0.1) is 12.1 Å². The second-order valence-corrected chi connectivity index (χ2v) is 9.35.